The molecular formula is C21H21F3O3. The summed E-state index contributed by atoms with van der Waals surface area (Å²) in [5.41, 5.74) is 0. The molecule has 0 unspecified atom stereocenters. The Bertz CT molecular complexity index is 840. The predicted molar refractivity (Wildman–Crippen MR) is 96.4 cm³/mol. The van der Waals surface area contributed by atoms with Crippen molar-refractivity contribution >= 4 is 16.7 Å². The molecule has 0 N–H and O–H groups in total. The number of benzene rings is 2. The topological polar surface area (TPSA) is 35.5 Å². The normalized spacial score (nSPS) is 20.3. The van der Waals surface area contributed by atoms with Gasteiger partial charge in [0.05, 0.1) is 5.92 Å². The van der Waals surface area contributed by atoms with Gasteiger partial charge in [-0.05, 0) is 68.2 Å². The molecule has 0 aliphatic heterocycles. The molecule has 6 heteroatoms. The Morgan fingerprint density at radius 1 is 1.15 bits per heavy atom. The average molecular weight is 378 g/mol. The van der Waals surface area contributed by atoms with E-state index in [-0.39, 0.29) is 17.3 Å². The summed E-state index contributed by atoms with van der Waals surface area (Å²) in [5, 5.41) is 0.566. The van der Waals surface area contributed by atoms with Crippen molar-refractivity contribution in [3.05, 3.63) is 48.3 Å². The van der Waals surface area contributed by atoms with Crippen LogP contribution in [0.3, 0.4) is 0 Å². The molecular weight excluding hydrogens is 357 g/mol. The second-order valence-electron chi connectivity index (χ2n) is 6.70. The van der Waals surface area contributed by atoms with Crippen LogP contribution in [-0.4, -0.2) is 12.6 Å². The summed E-state index contributed by atoms with van der Waals surface area (Å²) in [5.74, 6) is -0.974. The van der Waals surface area contributed by atoms with Crippen molar-refractivity contribution in [2.75, 3.05) is 0 Å². The van der Waals surface area contributed by atoms with Gasteiger partial charge in [-0.2, -0.15) is 8.78 Å². The smallest absolute Gasteiger partial charge is 0.387 e. The molecule has 2 aromatic carbocycles. The van der Waals surface area contributed by atoms with Crippen LogP contribution in [0.5, 0.6) is 11.5 Å². The van der Waals surface area contributed by atoms with Gasteiger partial charge >= 0.3 is 12.6 Å². The van der Waals surface area contributed by atoms with Crippen LogP contribution in [0.25, 0.3) is 10.8 Å². The van der Waals surface area contributed by atoms with E-state index >= 15 is 0 Å². The third kappa shape index (κ3) is 4.62. The summed E-state index contributed by atoms with van der Waals surface area (Å²) in [6.07, 6.45) is 7.69. The van der Waals surface area contributed by atoms with Gasteiger partial charge in [0, 0.05) is 5.39 Å². The minimum atomic E-state index is -3.10. The van der Waals surface area contributed by atoms with E-state index < -0.39 is 18.2 Å². The molecule has 0 saturated heterocycles. The van der Waals surface area contributed by atoms with Crippen LogP contribution < -0.4 is 9.47 Å². The quantitative estimate of drug-likeness (QED) is 0.371. The van der Waals surface area contributed by atoms with Crippen molar-refractivity contribution in [1.29, 1.82) is 0 Å². The van der Waals surface area contributed by atoms with Crippen molar-refractivity contribution in [3.63, 3.8) is 0 Å². The number of rotatable bonds is 5. The zero-order valence-corrected chi connectivity index (χ0v) is 15.0. The summed E-state index contributed by atoms with van der Waals surface area (Å²) in [7, 11) is 0. The van der Waals surface area contributed by atoms with E-state index in [0.29, 0.717) is 17.1 Å². The van der Waals surface area contributed by atoms with Gasteiger partial charge in [-0.15, -0.1) is 0 Å². The molecule has 0 bridgehead atoms. The number of hydrogen-bond acceptors (Lipinski definition) is 3. The summed E-state index contributed by atoms with van der Waals surface area (Å²) in [6, 6.07) is 6.97. The molecule has 2 aromatic rings. The number of alkyl halides is 2. The zero-order chi connectivity index (χ0) is 19.4. The van der Waals surface area contributed by atoms with Gasteiger partial charge in [-0.25, -0.2) is 4.39 Å². The Morgan fingerprint density at radius 3 is 2.56 bits per heavy atom. The summed E-state index contributed by atoms with van der Waals surface area (Å²) in [6.45, 7) is -1.11. The van der Waals surface area contributed by atoms with Crippen molar-refractivity contribution in [2.24, 2.45) is 11.8 Å². The molecule has 144 valence electrons. The van der Waals surface area contributed by atoms with Crippen molar-refractivity contribution < 1.29 is 27.4 Å². The van der Waals surface area contributed by atoms with E-state index in [2.05, 4.69) is 10.8 Å². The van der Waals surface area contributed by atoms with Crippen LogP contribution in [0.4, 0.5) is 13.2 Å². The fraction of sp³-hybridized carbons (Fsp3) is 0.381. The summed E-state index contributed by atoms with van der Waals surface area (Å²) >= 11 is 0. The number of carbonyl (C=O) groups is 1. The van der Waals surface area contributed by atoms with Crippen LogP contribution >= 0.6 is 0 Å². The van der Waals surface area contributed by atoms with E-state index in [0.717, 1.165) is 31.7 Å². The first-order chi connectivity index (χ1) is 13.0. The number of allylic oxidation sites excluding steroid dienone is 2. The molecule has 0 heterocycles. The molecule has 0 aromatic heterocycles. The summed E-state index contributed by atoms with van der Waals surface area (Å²) in [4.78, 5) is 12.4. The summed E-state index contributed by atoms with van der Waals surface area (Å²) < 4.78 is 48.5. The van der Waals surface area contributed by atoms with Crippen LogP contribution in [0.15, 0.2) is 42.5 Å². The molecule has 1 aliphatic rings. The Hall–Kier alpha value is -2.50. The Labute approximate surface area is 155 Å². The van der Waals surface area contributed by atoms with Gasteiger partial charge in [-0.3, -0.25) is 4.79 Å². The minimum Gasteiger partial charge on any atom is -0.432 e. The van der Waals surface area contributed by atoms with E-state index in [4.69, 9.17) is 4.74 Å². The van der Waals surface area contributed by atoms with Gasteiger partial charge < -0.3 is 9.47 Å². The average Bonchev–Trinajstić information content (AvgIpc) is 2.64. The van der Waals surface area contributed by atoms with Crippen LogP contribution in [0.2, 0.25) is 0 Å². The maximum Gasteiger partial charge on any atom is 0.387 e. The molecule has 3 rings (SSSR count). The molecule has 1 aliphatic carbocycles. The molecule has 0 spiro atoms. The van der Waals surface area contributed by atoms with Crippen LogP contribution in [0.1, 0.15) is 32.6 Å². The lowest BCUT2D eigenvalue weighted by Crippen LogP contribution is -2.25. The second kappa shape index (κ2) is 8.46. The van der Waals surface area contributed by atoms with Gasteiger partial charge in [0.15, 0.2) is 11.6 Å². The maximum atomic E-state index is 14.2. The number of esters is 1. The monoisotopic (exact) mass is 378 g/mol. The number of ether oxygens (including phenoxy) is 2. The number of carbonyl (C=O) groups excluding carboxylic acids is 1. The molecule has 27 heavy (non-hydrogen) atoms. The van der Waals surface area contributed by atoms with E-state index in [1.54, 1.807) is 0 Å². The Morgan fingerprint density at radius 2 is 1.89 bits per heavy atom. The Kier molecular flexibility index (Phi) is 6.04. The lowest BCUT2D eigenvalue weighted by atomic mass is 9.82. The highest BCUT2D eigenvalue weighted by atomic mass is 19.3. The minimum absolute atomic E-state index is 0.125. The third-order valence-electron chi connectivity index (χ3n) is 4.89. The van der Waals surface area contributed by atoms with Crippen LogP contribution in [0, 0.1) is 17.7 Å². The van der Waals surface area contributed by atoms with Gasteiger partial charge in [-0.1, -0.05) is 18.2 Å². The number of halogens is 3. The van der Waals surface area contributed by atoms with Crippen molar-refractivity contribution in [3.8, 4) is 11.5 Å². The van der Waals surface area contributed by atoms with Gasteiger partial charge in [0.2, 0.25) is 0 Å². The number of hydrogen-bond donors (Lipinski definition) is 0. The molecule has 1 saturated carbocycles. The van der Waals surface area contributed by atoms with Gasteiger partial charge in [0.25, 0.3) is 0 Å². The predicted octanol–water partition coefficient (Wildman–Crippen LogP) is 5.87. The fourth-order valence-corrected chi connectivity index (χ4v) is 3.52. The van der Waals surface area contributed by atoms with E-state index in [1.165, 1.54) is 24.3 Å². The Balaban J connectivity index is 1.69. The lowest BCUT2D eigenvalue weighted by molar-refractivity contribution is -0.140. The molecule has 0 amide bonds. The first-order valence-electron chi connectivity index (χ1n) is 8.99. The second-order valence-corrected chi connectivity index (χ2v) is 6.70. The van der Waals surface area contributed by atoms with Gasteiger partial charge in [0.1, 0.15) is 5.75 Å². The van der Waals surface area contributed by atoms with E-state index in [1.807, 2.05) is 13.0 Å². The molecule has 0 radical (unpaired) electrons. The zero-order valence-electron chi connectivity index (χ0n) is 15.0. The molecule has 1 fully saturated rings. The van der Waals surface area contributed by atoms with Crippen molar-refractivity contribution in [1.82, 2.24) is 0 Å². The molecule has 3 nitrogen and oxygen atoms in total. The standard InChI is InChI=1S/C21H21F3O3/c1-2-3-13-4-6-14(7-5-13)20(25)26-16-9-10-17-15(12-16)8-11-18(19(17)22)27-21(23)24/h2-3,8-14,21H,4-7H2,1H3/b3-2+. The van der Waals surface area contributed by atoms with E-state index in [9.17, 15) is 18.0 Å². The molecule has 0 atom stereocenters. The first-order valence-corrected chi connectivity index (χ1v) is 8.99. The first kappa shape index (κ1) is 19.3. The maximum absolute atomic E-state index is 14.2. The highest BCUT2D eigenvalue weighted by Crippen LogP contribution is 2.33. The SMILES string of the molecule is C/C=C/C1CCC(C(=O)Oc2ccc3c(F)c(OC(F)F)ccc3c2)CC1. The lowest BCUT2D eigenvalue weighted by Gasteiger charge is -2.25. The highest BCUT2D eigenvalue weighted by molar-refractivity contribution is 5.87. The third-order valence-corrected chi connectivity index (χ3v) is 4.89. The van der Waals surface area contributed by atoms with Crippen LogP contribution in [-0.2, 0) is 4.79 Å². The van der Waals surface area contributed by atoms with Crippen molar-refractivity contribution in [2.45, 2.75) is 39.2 Å². The fourth-order valence-electron chi connectivity index (χ4n) is 3.52. The highest BCUT2D eigenvalue weighted by Gasteiger charge is 2.26. The number of fused-ring (bicyclic) bond motifs is 1. The largest absolute Gasteiger partial charge is 0.432 e.